The molecule has 0 saturated carbocycles. The second-order valence-electron chi connectivity index (χ2n) is 4.84. The molecule has 0 aliphatic heterocycles. The van der Waals surface area contributed by atoms with E-state index in [-0.39, 0.29) is 17.6 Å². The number of thioether (sulfide) groups is 1. The summed E-state index contributed by atoms with van der Waals surface area (Å²) >= 11 is 1.54. The largest absolute Gasteiger partial charge is 0.465 e. The number of unbranched alkanes of at least 4 members (excludes halogenated alkanes) is 1. The number of esters is 1. The summed E-state index contributed by atoms with van der Waals surface area (Å²) in [5, 5.41) is -0.140. The maximum Gasteiger partial charge on any atom is 0.319 e. The van der Waals surface area contributed by atoms with Gasteiger partial charge in [0, 0.05) is 6.42 Å². The average molecular weight is 296 g/mol. The fourth-order valence-corrected chi connectivity index (χ4v) is 2.85. The van der Waals surface area contributed by atoms with E-state index in [1.54, 1.807) is 0 Å². The normalized spacial score (nSPS) is 13.3. The van der Waals surface area contributed by atoms with E-state index in [9.17, 15) is 13.6 Å². The molecule has 0 aliphatic rings. The van der Waals surface area contributed by atoms with Crippen LogP contribution in [-0.4, -0.2) is 29.5 Å². The number of halogens is 2. The SMILES string of the molecule is CCCOC(=O)C(CCC)SCCCCC(C)(F)F. The summed E-state index contributed by atoms with van der Waals surface area (Å²) in [5.74, 6) is -2.00. The zero-order valence-corrected chi connectivity index (χ0v) is 13.0. The molecule has 114 valence electrons. The minimum absolute atomic E-state index is 0.0771. The molecule has 0 aliphatic carbocycles. The molecule has 0 N–H and O–H groups in total. The fraction of sp³-hybridized carbons (Fsp3) is 0.929. The zero-order chi connectivity index (χ0) is 14.7. The van der Waals surface area contributed by atoms with Crippen LogP contribution in [0.2, 0.25) is 0 Å². The van der Waals surface area contributed by atoms with Crippen molar-refractivity contribution >= 4 is 17.7 Å². The highest BCUT2D eigenvalue weighted by Gasteiger charge is 2.21. The Kier molecular flexibility index (Phi) is 10.3. The van der Waals surface area contributed by atoms with Crippen LogP contribution in [0.25, 0.3) is 0 Å². The van der Waals surface area contributed by atoms with Gasteiger partial charge in [-0.1, -0.05) is 20.3 Å². The number of ether oxygens (including phenoxy) is 1. The first-order chi connectivity index (χ1) is 8.90. The van der Waals surface area contributed by atoms with Crippen LogP contribution in [-0.2, 0) is 9.53 Å². The molecule has 0 radical (unpaired) electrons. The summed E-state index contributed by atoms with van der Waals surface area (Å²) in [6.07, 6.45) is 3.67. The number of hydrogen-bond donors (Lipinski definition) is 0. The summed E-state index contributed by atoms with van der Waals surface area (Å²) in [5.41, 5.74) is 0. The Morgan fingerprint density at radius 2 is 1.95 bits per heavy atom. The first kappa shape index (κ1) is 18.7. The zero-order valence-electron chi connectivity index (χ0n) is 12.2. The van der Waals surface area contributed by atoms with Crippen LogP contribution >= 0.6 is 11.8 Å². The van der Waals surface area contributed by atoms with Crippen molar-refractivity contribution in [2.75, 3.05) is 12.4 Å². The molecule has 2 nitrogen and oxygen atoms in total. The topological polar surface area (TPSA) is 26.3 Å². The number of rotatable bonds is 11. The third-order valence-corrected chi connectivity index (χ3v) is 3.95. The van der Waals surface area contributed by atoms with Gasteiger partial charge in [-0.2, -0.15) is 0 Å². The van der Waals surface area contributed by atoms with Gasteiger partial charge in [-0.05, 0) is 38.4 Å². The third kappa shape index (κ3) is 11.2. The summed E-state index contributed by atoms with van der Waals surface area (Å²) in [4.78, 5) is 11.8. The van der Waals surface area contributed by atoms with E-state index < -0.39 is 5.92 Å². The van der Waals surface area contributed by atoms with E-state index >= 15 is 0 Å². The predicted octanol–water partition coefficient (Wildman–Crippen LogP) is 4.67. The molecule has 1 unspecified atom stereocenters. The Labute approximate surface area is 119 Å². The van der Waals surface area contributed by atoms with Crippen LogP contribution in [0.4, 0.5) is 8.78 Å². The van der Waals surface area contributed by atoms with Gasteiger partial charge in [0.25, 0.3) is 0 Å². The van der Waals surface area contributed by atoms with Gasteiger partial charge in [0.1, 0.15) is 5.25 Å². The molecular formula is C14H26F2O2S. The van der Waals surface area contributed by atoms with Crippen molar-refractivity contribution in [2.45, 2.75) is 70.5 Å². The fourth-order valence-electron chi connectivity index (χ4n) is 1.59. The maximum atomic E-state index is 12.6. The monoisotopic (exact) mass is 296 g/mol. The molecule has 19 heavy (non-hydrogen) atoms. The van der Waals surface area contributed by atoms with Crippen molar-refractivity contribution in [1.82, 2.24) is 0 Å². The second kappa shape index (κ2) is 10.5. The predicted molar refractivity (Wildman–Crippen MR) is 76.9 cm³/mol. The first-order valence-corrected chi connectivity index (χ1v) is 8.11. The Morgan fingerprint density at radius 1 is 1.26 bits per heavy atom. The molecule has 0 bridgehead atoms. The van der Waals surface area contributed by atoms with E-state index in [1.807, 2.05) is 13.8 Å². The van der Waals surface area contributed by atoms with Gasteiger partial charge < -0.3 is 4.74 Å². The highest BCUT2D eigenvalue weighted by molar-refractivity contribution is 8.00. The summed E-state index contributed by atoms with van der Waals surface area (Å²) < 4.78 is 30.4. The van der Waals surface area contributed by atoms with Gasteiger partial charge >= 0.3 is 5.97 Å². The molecule has 5 heteroatoms. The van der Waals surface area contributed by atoms with Crippen molar-refractivity contribution in [3.63, 3.8) is 0 Å². The van der Waals surface area contributed by atoms with Crippen LogP contribution in [0.5, 0.6) is 0 Å². The van der Waals surface area contributed by atoms with Gasteiger partial charge in [-0.25, -0.2) is 8.78 Å². The van der Waals surface area contributed by atoms with E-state index in [0.717, 1.165) is 38.4 Å². The molecule has 0 rings (SSSR count). The third-order valence-electron chi connectivity index (χ3n) is 2.59. The van der Waals surface area contributed by atoms with Gasteiger partial charge in [0.05, 0.1) is 6.61 Å². The molecule has 0 aromatic rings. The first-order valence-electron chi connectivity index (χ1n) is 7.06. The van der Waals surface area contributed by atoms with Gasteiger partial charge in [-0.3, -0.25) is 4.79 Å². The number of alkyl halides is 2. The van der Waals surface area contributed by atoms with Crippen LogP contribution in [0.15, 0.2) is 0 Å². The Bertz CT molecular complexity index is 242. The quantitative estimate of drug-likeness (QED) is 0.409. The minimum atomic E-state index is -2.58. The average Bonchev–Trinajstić information content (AvgIpc) is 2.32. The second-order valence-corrected chi connectivity index (χ2v) is 6.15. The molecular weight excluding hydrogens is 270 g/mol. The lowest BCUT2D eigenvalue weighted by atomic mass is 10.2. The summed E-state index contributed by atoms with van der Waals surface area (Å²) in [6, 6.07) is 0. The highest BCUT2D eigenvalue weighted by Crippen LogP contribution is 2.23. The van der Waals surface area contributed by atoms with Gasteiger partial charge in [-0.15, -0.1) is 11.8 Å². The van der Waals surface area contributed by atoms with E-state index in [0.29, 0.717) is 13.0 Å². The number of carbonyl (C=O) groups excluding carboxylic acids is 1. The van der Waals surface area contributed by atoms with Gasteiger partial charge in [0.15, 0.2) is 0 Å². The van der Waals surface area contributed by atoms with Crippen molar-refractivity contribution in [2.24, 2.45) is 0 Å². The van der Waals surface area contributed by atoms with Crippen LogP contribution in [0.3, 0.4) is 0 Å². The lowest BCUT2D eigenvalue weighted by molar-refractivity contribution is -0.143. The van der Waals surface area contributed by atoms with Crippen molar-refractivity contribution in [1.29, 1.82) is 0 Å². The summed E-state index contributed by atoms with van der Waals surface area (Å²) in [7, 11) is 0. The molecule has 0 fully saturated rings. The van der Waals surface area contributed by atoms with Crippen LogP contribution < -0.4 is 0 Å². The molecule has 1 atom stereocenters. The number of hydrogen-bond acceptors (Lipinski definition) is 3. The van der Waals surface area contributed by atoms with Gasteiger partial charge in [0.2, 0.25) is 5.92 Å². The molecule has 0 aromatic heterocycles. The maximum absolute atomic E-state index is 12.6. The Hall–Kier alpha value is -0.320. The van der Waals surface area contributed by atoms with Crippen molar-refractivity contribution in [3.8, 4) is 0 Å². The summed E-state index contributed by atoms with van der Waals surface area (Å²) in [6.45, 7) is 5.39. The number of carbonyl (C=O) groups is 1. The Morgan fingerprint density at radius 3 is 2.47 bits per heavy atom. The molecule has 0 heterocycles. The van der Waals surface area contributed by atoms with E-state index in [2.05, 4.69) is 0 Å². The highest BCUT2D eigenvalue weighted by atomic mass is 32.2. The molecule has 0 amide bonds. The lowest BCUT2D eigenvalue weighted by Gasteiger charge is -2.15. The standard InChI is InChI=1S/C14H26F2O2S/c1-4-8-12(13(17)18-10-5-2)19-11-7-6-9-14(3,15)16/h12H,4-11H2,1-3H3. The lowest BCUT2D eigenvalue weighted by Crippen LogP contribution is -2.21. The molecule has 0 aromatic carbocycles. The van der Waals surface area contributed by atoms with E-state index in [1.165, 1.54) is 11.8 Å². The van der Waals surface area contributed by atoms with Crippen molar-refractivity contribution in [3.05, 3.63) is 0 Å². The smallest absolute Gasteiger partial charge is 0.319 e. The van der Waals surface area contributed by atoms with Crippen LogP contribution in [0.1, 0.15) is 59.3 Å². The van der Waals surface area contributed by atoms with Crippen molar-refractivity contribution < 1.29 is 18.3 Å². The molecule has 0 spiro atoms. The molecule has 0 saturated heterocycles. The Balaban J connectivity index is 3.85. The minimum Gasteiger partial charge on any atom is -0.465 e. The van der Waals surface area contributed by atoms with Crippen LogP contribution in [0, 0.1) is 0 Å². The van der Waals surface area contributed by atoms with E-state index in [4.69, 9.17) is 4.74 Å².